The largest absolute Gasteiger partial charge is 0.493 e. The van der Waals surface area contributed by atoms with Crippen LogP contribution >= 0.6 is 0 Å². The predicted molar refractivity (Wildman–Crippen MR) is 76.2 cm³/mol. The van der Waals surface area contributed by atoms with Crippen LogP contribution in [0, 0.1) is 11.3 Å². The molecule has 0 fully saturated rings. The Morgan fingerprint density at radius 3 is 2.71 bits per heavy atom. The van der Waals surface area contributed by atoms with E-state index in [0.29, 0.717) is 28.4 Å². The highest BCUT2D eigenvalue weighted by atomic mass is 16.5. The molecular formula is C15H12N4O2. The van der Waals surface area contributed by atoms with Crippen LogP contribution in [0.25, 0.3) is 16.9 Å². The van der Waals surface area contributed by atoms with Gasteiger partial charge >= 0.3 is 0 Å². The molecule has 3 aromatic rings. The van der Waals surface area contributed by atoms with Gasteiger partial charge in [-0.1, -0.05) is 0 Å². The number of hydrogen-bond donors (Lipinski definition) is 0. The number of hydrogen-bond acceptors (Lipinski definition) is 5. The molecule has 0 aliphatic carbocycles. The van der Waals surface area contributed by atoms with Gasteiger partial charge in [0.1, 0.15) is 17.3 Å². The van der Waals surface area contributed by atoms with Gasteiger partial charge in [0.05, 0.1) is 14.2 Å². The quantitative estimate of drug-likeness (QED) is 0.736. The number of ether oxygens (including phenoxy) is 2. The average molecular weight is 280 g/mol. The number of nitrogens with zero attached hydrogens (tertiary/aromatic N) is 4. The first kappa shape index (κ1) is 12.9. The lowest BCUT2D eigenvalue weighted by Gasteiger charge is -2.08. The van der Waals surface area contributed by atoms with E-state index in [1.807, 2.05) is 6.07 Å². The van der Waals surface area contributed by atoms with Gasteiger partial charge in [0, 0.05) is 18.0 Å². The van der Waals surface area contributed by atoms with E-state index in [0.717, 1.165) is 5.56 Å². The number of rotatable bonds is 3. The standard InChI is InChI=1S/C15H12N4O2/c1-20-12-5-4-10(8-13(12)21-2)14-11(9-16)15-17-6-3-7-19(15)18-14/h3-8H,1-2H3. The SMILES string of the molecule is COc1ccc(-c2nn3cccnc3c2C#N)cc1OC. The summed E-state index contributed by atoms with van der Waals surface area (Å²) in [5.41, 5.74) is 2.31. The van der Waals surface area contributed by atoms with Crippen LogP contribution in [0.2, 0.25) is 0 Å². The Morgan fingerprint density at radius 1 is 1.19 bits per heavy atom. The third-order valence-corrected chi connectivity index (χ3v) is 3.16. The molecule has 0 bridgehead atoms. The van der Waals surface area contributed by atoms with Crippen LogP contribution in [0.5, 0.6) is 11.5 Å². The summed E-state index contributed by atoms with van der Waals surface area (Å²) in [6.07, 6.45) is 3.39. The van der Waals surface area contributed by atoms with Gasteiger partial charge in [0.2, 0.25) is 0 Å². The molecular weight excluding hydrogens is 268 g/mol. The summed E-state index contributed by atoms with van der Waals surface area (Å²) >= 11 is 0. The molecule has 0 saturated carbocycles. The second-order valence-corrected chi connectivity index (χ2v) is 4.29. The zero-order valence-corrected chi connectivity index (χ0v) is 11.6. The number of nitriles is 1. The predicted octanol–water partition coefficient (Wildman–Crippen LogP) is 2.29. The summed E-state index contributed by atoms with van der Waals surface area (Å²) in [7, 11) is 3.14. The first-order valence-corrected chi connectivity index (χ1v) is 6.24. The topological polar surface area (TPSA) is 72.4 Å². The lowest BCUT2D eigenvalue weighted by Crippen LogP contribution is -1.91. The van der Waals surface area contributed by atoms with Crippen molar-refractivity contribution >= 4 is 5.65 Å². The average Bonchev–Trinajstić information content (AvgIpc) is 2.92. The van der Waals surface area contributed by atoms with E-state index in [1.165, 1.54) is 0 Å². The summed E-state index contributed by atoms with van der Waals surface area (Å²) in [6, 6.07) is 9.34. The van der Waals surface area contributed by atoms with Gasteiger partial charge in [-0.15, -0.1) is 0 Å². The smallest absolute Gasteiger partial charge is 0.173 e. The van der Waals surface area contributed by atoms with Crippen molar-refractivity contribution in [3.63, 3.8) is 0 Å². The molecule has 2 aromatic heterocycles. The van der Waals surface area contributed by atoms with Crippen LogP contribution in [0.3, 0.4) is 0 Å². The normalized spacial score (nSPS) is 10.3. The van der Waals surface area contributed by atoms with Crippen LogP contribution < -0.4 is 9.47 Å². The van der Waals surface area contributed by atoms with Crippen LogP contribution in [-0.4, -0.2) is 28.8 Å². The highest BCUT2D eigenvalue weighted by Crippen LogP contribution is 2.33. The molecule has 0 amide bonds. The first-order chi connectivity index (χ1) is 10.3. The molecule has 3 rings (SSSR count). The van der Waals surface area contributed by atoms with Crippen LogP contribution in [0.1, 0.15) is 5.56 Å². The van der Waals surface area contributed by atoms with Crippen molar-refractivity contribution in [2.24, 2.45) is 0 Å². The molecule has 104 valence electrons. The van der Waals surface area contributed by atoms with E-state index in [9.17, 15) is 5.26 Å². The van der Waals surface area contributed by atoms with Gasteiger partial charge in [-0.25, -0.2) is 9.50 Å². The van der Waals surface area contributed by atoms with Gasteiger partial charge in [-0.05, 0) is 24.3 Å². The van der Waals surface area contributed by atoms with Gasteiger partial charge < -0.3 is 9.47 Å². The Kier molecular flexibility index (Phi) is 3.16. The van der Waals surface area contributed by atoms with Crippen molar-refractivity contribution in [3.05, 3.63) is 42.2 Å². The maximum Gasteiger partial charge on any atom is 0.173 e. The molecule has 0 N–H and O–H groups in total. The molecule has 21 heavy (non-hydrogen) atoms. The van der Waals surface area contributed by atoms with Crippen LogP contribution in [0.15, 0.2) is 36.7 Å². The lowest BCUT2D eigenvalue weighted by molar-refractivity contribution is 0.355. The third kappa shape index (κ3) is 2.05. The van der Waals surface area contributed by atoms with Gasteiger partial charge in [0.25, 0.3) is 0 Å². The molecule has 6 heteroatoms. The van der Waals surface area contributed by atoms with Crippen LogP contribution in [-0.2, 0) is 0 Å². The van der Waals surface area contributed by atoms with Gasteiger partial charge in [-0.3, -0.25) is 0 Å². The molecule has 0 spiro atoms. The molecule has 1 aromatic carbocycles. The molecule has 0 unspecified atom stereocenters. The molecule has 0 aliphatic rings. The molecule has 6 nitrogen and oxygen atoms in total. The maximum absolute atomic E-state index is 9.39. The maximum atomic E-state index is 9.39. The summed E-state index contributed by atoms with van der Waals surface area (Å²) in [4.78, 5) is 4.20. The monoisotopic (exact) mass is 280 g/mol. The second-order valence-electron chi connectivity index (χ2n) is 4.29. The molecule has 2 heterocycles. The minimum Gasteiger partial charge on any atom is -0.493 e. The summed E-state index contributed by atoms with van der Waals surface area (Å²) < 4.78 is 12.1. The molecule has 0 radical (unpaired) electrons. The van der Waals surface area contributed by atoms with Crippen molar-refractivity contribution in [1.82, 2.24) is 14.6 Å². The number of benzene rings is 1. The fraction of sp³-hybridized carbons (Fsp3) is 0.133. The van der Waals surface area contributed by atoms with Crippen molar-refractivity contribution in [3.8, 4) is 28.8 Å². The van der Waals surface area contributed by atoms with Crippen molar-refractivity contribution < 1.29 is 9.47 Å². The fourth-order valence-corrected chi connectivity index (χ4v) is 2.18. The highest BCUT2D eigenvalue weighted by molar-refractivity contribution is 5.76. The summed E-state index contributed by atoms with van der Waals surface area (Å²) in [5.74, 6) is 1.21. The van der Waals surface area contributed by atoms with E-state index < -0.39 is 0 Å². The van der Waals surface area contributed by atoms with Crippen LogP contribution in [0.4, 0.5) is 0 Å². The van der Waals surface area contributed by atoms with Crippen molar-refractivity contribution in [1.29, 1.82) is 5.26 Å². The number of methoxy groups -OCH3 is 2. The molecule has 0 saturated heterocycles. The lowest BCUT2D eigenvalue weighted by atomic mass is 10.1. The second kappa shape index (κ2) is 5.13. The molecule has 0 aliphatic heterocycles. The third-order valence-electron chi connectivity index (χ3n) is 3.16. The fourth-order valence-electron chi connectivity index (χ4n) is 2.18. The van der Waals surface area contributed by atoms with Gasteiger partial charge in [0.15, 0.2) is 17.1 Å². The van der Waals surface area contributed by atoms with E-state index in [-0.39, 0.29) is 0 Å². The first-order valence-electron chi connectivity index (χ1n) is 6.24. The van der Waals surface area contributed by atoms with E-state index in [1.54, 1.807) is 49.3 Å². The zero-order chi connectivity index (χ0) is 14.8. The Balaban J connectivity index is 2.23. The zero-order valence-electron chi connectivity index (χ0n) is 11.6. The Labute approximate surface area is 121 Å². The summed E-state index contributed by atoms with van der Waals surface area (Å²) in [5, 5.41) is 13.8. The highest BCUT2D eigenvalue weighted by Gasteiger charge is 2.16. The Morgan fingerprint density at radius 2 is 2.00 bits per heavy atom. The number of aromatic nitrogens is 3. The van der Waals surface area contributed by atoms with E-state index in [2.05, 4.69) is 16.2 Å². The van der Waals surface area contributed by atoms with E-state index in [4.69, 9.17) is 9.47 Å². The number of fused-ring (bicyclic) bond motifs is 1. The minimum absolute atomic E-state index is 0.433. The van der Waals surface area contributed by atoms with E-state index >= 15 is 0 Å². The van der Waals surface area contributed by atoms with Crippen molar-refractivity contribution in [2.45, 2.75) is 0 Å². The summed E-state index contributed by atoms with van der Waals surface area (Å²) in [6.45, 7) is 0. The van der Waals surface area contributed by atoms with Gasteiger partial charge in [-0.2, -0.15) is 10.4 Å². The Bertz CT molecular complexity index is 848. The Hall–Kier alpha value is -3.07. The molecule has 0 atom stereocenters. The van der Waals surface area contributed by atoms with Crippen molar-refractivity contribution in [2.75, 3.05) is 14.2 Å². The minimum atomic E-state index is 0.433.